The first-order chi connectivity index (χ1) is 9.69. The highest BCUT2D eigenvalue weighted by Crippen LogP contribution is 2.41. The van der Waals surface area contributed by atoms with Gasteiger partial charge in [0.2, 0.25) is 5.91 Å². The van der Waals surface area contributed by atoms with E-state index in [1.54, 1.807) is 0 Å². The van der Waals surface area contributed by atoms with E-state index >= 15 is 0 Å². The Morgan fingerprint density at radius 2 is 1.85 bits per heavy atom. The van der Waals surface area contributed by atoms with Gasteiger partial charge < -0.3 is 5.32 Å². The number of rotatable bonds is 6. The topological polar surface area (TPSA) is 29.1 Å². The number of nitrogens with one attached hydrogen (secondary N) is 1. The summed E-state index contributed by atoms with van der Waals surface area (Å²) >= 11 is 5.96. The minimum atomic E-state index is -0.323. The average Bonchev–Trinajstić information content (AvgIpc) is 2.95. The molecule has 0 radical (unpaired) electrons. The predicted octanol–water partition coefficient (Wildman–Crippen LogP) is 4.46. The summed E-state index contributed by atoms with van der Waals surface area (Å²) in [6, 6.07) is 7.81. The number of hydrogen-bond donors (Lipinski definition) is 1. The van der Waals surface area contributed by atoms with E-state index in [2.05, 4.69) is 12.2 Å². The first-order valence-electron chi connectivity index (χ1n) is 7.73. The van der Waals surface area contributed by atoms with Gasteiger partial charge in [-0.2, -0.15) is 0 Å². The maximum atomic E-state index is 12.7. The molecule has 1 N–H and O–H groups in total. The van der Waals surface area contributed by atoms with E-state index in [1.807, 2.05) is 24.3 Å². The molecule has 1 amide bonds. The smallest absolute Gasteiger partial charge is 0.230 e. The van der Waals surface area contributed by atoms with Crippen molar-refractivity contribution in [1.82, 2.24) is 5.32 Å². The Kier molecular flexibility index (Phi) is 5.47. The summed E-state index contributed by atoms with van der Waals surface area (Å²) in [5.41, 5.74) is 0.795. The normalized spacial score (nSPS) is 17.1. The van der Waals surface area contributed by atoms with E-state index in [0.29, 0.717) is 0 Å². The standard InChI is InChI=1S/C17H24ClNO/c1-2-3-6-13-19-16(20)17(11-4-5-12-17)14-7-9-15(18)10-8-14/h7-10H,2-6,11-13H2,1H3,(H,19,20). The van der Waals surface area contributed by atoms with Crippen LogP contribution >= 0.6 is 11.6 Å². The highest BCUT2D eigenvalue weighted by atomic mass is 35.5. The average molecular weight is 294 g/mol. The minimum absolute atomic E-state index is 0.202. The summed E-state index contributed by atoms with van der Waals surface area (Å²) in [6.45, 7) is 2.97. The van der Waals surface area contributed by atoms with Crippen LogP contribution in [0.15, 0.2) is 24.3 Å². The van der Waals surface area contributed by atoms with Gasteiger partial charge in [0.15, 0.2) is 0 Å². The lowest BCUT2D eigenvalue weighted by Gasteiger charge is -2.28. The molecular formula is C17H24ClNO. The van der Waals surface area contributed by atoms with Gasteiger partial charge in [0.05, 0.1) is 5.41 Å². The lowest BCUT2D eigenvalue weighted by Crippen LogP contribution is -2.42. The van der Waals surface area contributed by atoms with Gasteiger partial charge in [-0.25, -0.2) is 0 Å². The molecule has 1 saturated carbocycles. The predicted molar refractivity (Wildman–Crippen MR) is 84.1 cm³/mol. The molecule has 1 aliphatic carbocycles. The Balaban J connectivity index is 2.09. The van der Waals surface area contributed by atoms with Crippen molar-refractivity contribution in [2.24, 2.45) is 0 Å². The highest BCUT2D eigenvalue weighted by Gasteiger charge is 2.42. The molecule has 0 atom stereocenters. The molecule has 0 spiro atoms. The van der Waals surface area contributed by atoms with Gasteiger partial charge in [-0.3, -0.25) is 4.79 Å². The fraction of sp³-hybridized carbons (Fsp3) is 0.588. The third-order valence-corrected chi connectivity index (χ3v) is 4.61. The summed E-state index contributed by atoms with van der Waals surface area (Å²) in [5, 5.41) is 3.87. The molecule has 0 bridgehead atoms. The number of halogens is 1. The molecule has 1 fully saturated rings. The van der Waals surface area contributed by atoms with E-state index in [0.717, 1.165) is 49.2 Å². The molecule has 2 nitrogen and oxygen atoms in total. The monoisotopic (exact) mass is 293 g/mol. The van der Waals surface area contributed by atoms with Crippen LogP contribution in [0.5, 0.6) is 0 Å². The fourth-order valence-corrected chi connectivity index (χ4v) is 3.27. The van der Waals surface area contributed by atoms with Crippen LogP contribution < -0.4 is 5.32 Å². The van der Waals surface area contributed by atoms with Crippen molar-refractivity contribution in [3.63, 3.8) is 0 Å². The Morgan fingerprint density at radius 3 is 2.45 bits per heavy atom. The molecule has 1 aromatic rings. The fourth-order valence-electron chi connectivity index (χ4n) is 3.14. The minimum Gasteiger partial charge on any atom is -0.355 e. The maximum absolute atomic E-state index is 12.7. The number of benzene rings is 1. The molecule has 1 aromatic carbocycles. The van der Waals surface area contributed by atoms with Crippen LogP contribution in [0.1, 0.15) is 57.4 Å². The zero-order chi connectivity index (χ0) is 14.4. The highest BCUT2D eigenvalue weighted by molar-refractivity contribution is 6.30. The van der Waals surface area contributed by atoms with E-state index in [-0.39, 0.29) is 11.3 Å². The first kappa shape index (κ1) is 15.4. The molecule has 2 rings (SSSR count). The number of amides is 1. The van der Waals surface area contributed by atoms with Crippen molar-refractivity contribution in [2.75, 3.05) is 6.54 Å². The second kappa shape index (κ2) is 7.12. The van der Waals surface area contributed by atoms with E-state index in [4.69, 9.17) is 11.6 Å². The Labute approximate surface area is 126 Å². The summed E-state index contributed by atoms with van der Waals surface area (Å²) in [4.78, 5) is 12.7. The van der Waals surface area contributed by atoms with Crippen molar-refractivity contribution < 1.29 is 4.79 Å². The van der Waals surface area contributed by atoms with Crippen LogP contribution in [0.2, 0.25) is 5.02 Å². The van der Waals surface area contributed by atoms with Gasteiger partial charge in [0.25, 0.3) is 0 Å². The van der Waals surface area contributed by atoms with Crippen molar-refractivity contribution in [1.29, 1.82) is 0 Å². The number of unbranched alkanes of at least 4 members (excludes halogenated alkanes) is 2. The summed E-state index contributed by atoms with van der Waals surface area (Å²) in [5.74, 6) is 0.202. The van der Waals surface area contributed by atoms with Crippen LogP contribution in [-0.2, 0) is 10.2 Å². The van der Waals surface area contributed by atoms with E-state index in [1.165, 1.54) is 12.8 Å². The van der Waals surface area contributed by atoms with Crippen LogP contribution in [0.25, 0.3) is 0 Å². The van der Waals surface area contributed by atoms with Crippen LogP contribution in [0.3, 0.4) is 0 Å². The SMILES string of the molecule is CCCCCNC(=O)C1(c2ccc(Cl)cc2)CCCC1. The van der Waals surface area contributed by atoms with Gasteiger partial charge in [-0.05, 0) is 37.0 Å². The summed E-state index contributed by atoms with van der Waals surface area (Å²) in [6.07, 6.45) is 7.59. The van der Waals surface area contributed by atoms with Crippen LogP contribution in [0, 0.1) is 0 Å². The Hall–Kier alpha value is -1.02. The molecule has 0 heterocycles. The van der Waals surface area contributed by atoms with Crippen molar-refractivity contribution >= 4 is 17.5 Å². The molecule has 1 aliphatic rings. The molecule has 0 unspecified atom stereocenters. The molecule has 3 heteroatoms. The van der Waals surface area contributed by atoms with Gasteiger partial charge in [-0.1, -0.05) is 56.3 Å². The van der Waals surface area contributed by atoms with Crippen LogP contribution in [-0.4, -0.2) is 12.5 Å². The maximum Gasteiger partial charge on any atom is 0.230 e. The molecule has 0 aliphatic heterocycles. The lowest BCUT2D eigenvalue weighted by atomic mass is 9.78. The zero-order valence-corrected chi connectivity index (χ0v) is 13.0. The van der Waals surface area contributed by atoms with E-state index < -0.39 is 0 Å². The van der Waals surface area contributed by atoms with Gasteiger partial charge in [0, 0.05) is 11.6 Å². The number of carbonyl (C=O) groups excluding carboxylic acids is 1. The van der Waals surface area contributed by atoms with Crippen molar-refractivity contribution in [3.8, 4) is 0 Å². The summed E-state index contributed by atoms with van der Waals surface area (Å²) < 4.78 is 0. The molecular weight excluding hydrogens is 270 g/mol. The van der Waals surface area contributed by atoms with Crippen LogP contribution in [0.4, 0.5) is 0 Å². The summed E-state index contributed by atoms with van der Waals surface area (Å²) in [7, 11) is 0. The van der Waals surface area contributed by atoms with Gasteiger partial charge in [0.1, 0.15) is 0 Å². The second-order valence-corrected chi connectivity index (χ2v) is 6.20. The molecule has 0 aromatic heterocycles. The van der Waals surface area contributed by atoms with Crippen molar-refractivity contribution in [3.05, 3.63) is 34.9 Å². The Morgan fingerprint density at radius 1 is 1.20 bits per heavy atom. The van der Waals surface area contributed by atoms with E-state index in [9.17, 15) is 4.79 Å². The van der Waals surface area contributed by atoms with Gasteiger partial charge >= 0.3 is 0 Å². The van der Waals surface area contributed by atoms with Gasteiger partial charge in [-0.15, -0.1) is 0 Å². The first-order valence-corrected chi connectivity index (χ1v) is 8.11. The molecule has 0 saturated heterocycles. The lowest BCUT2D eigenvalue weighted by molar-refractivity contribution is -0.126. The number of hydrogen-bond acceptors (Lipinski definition) is 1. The second-order valence-electron chi connectivity index (χ2n) is 5.76. The third kappa shape index (κ3) is 3.35. The molecule has 110 valence electrons. The Bertz CT molecular complexity index is 435. The largest absolute Gasteiger partial charge is 0.355 e. The quantitative estimate of drug-likeness (QED) is 0.771. The third-order valence-electron chi connectivity index (χ3n) is 4.35. The zero-order valence-electron chi connectivity index (χ0n) is 12.3. The molecule has 20 heavy (non-hydrogen) atoms. The van der Waals surface area contributed by atoms with Crippen molar-refractivity contribution in [2.45, 2.75) is 57.3 Å². The number of carbonyl (C=O) groups is 1.